The van der Waals surface area contributed by atoms with Gasteiger partial charge in [-0.2, -0.15) is 0 Å². The van der Waals surface area contributed by atoms with Gasteiger partial charge in [0, 0.05) is 34.0 Å². The molecule has 5 heteroatoms. The predicted octanol–water partition coefficient (Wildman–Crippen LogP) is 9.60. The molecule has 248 valence electrons. The van der Waals surface area contributed by atoms with Gasteiger partial charge in [0.2, 0.25) is 0 Å². The normalized spacial score (nSPS) is 23.1. The molecule has 1 aromatic heterocycles. The van der Waals surface area contributed by atoms with E-state index in [1.54, 1.807) is 0 Å². The highest BCUT2D eigenvalue weighted by atomic mass is 16.5. The largest absolute Gasteiger partial charge is 0.490 e. The van der Waals surface area contributed by atoms with Crippen molar-refractivity contribution in [3.63, 3.8) is 0 Å². The molecule has 0 aliphatic heterocycles. The van der Waals surface area contributed by atoms with E-state index < -0.39 is 0 Å². The molecule has 2 aliphatic carbocycles. The minimum Gasteiger partial charge on any atom is -0.490 e. The molecule has 1 atom stereocenters. The van der Waals surface area contributed by atoms with Crippen molar-refractivity contribution in [2.45, 2.75) is 155 Å². The van der Waals surface area contributed by atoms with Crippen molar-refractivity contribution >= 4 is 11.0 Å². The highest BCUT2D eigenvalue weighted by molar-refractivity contribution is 5.79. The predicted molar refractivity (Wildman–Crippen MR) is 188 cm³/mol. The van der Waals surface area contributed by atoms with Crippen LogP contribution in [0.25, 0.3) is 11.0 Å². The summed E-state index contributed by atoms with van der Waals surface area (Å²) in [4.78, 5) is 0. The number of ether oxygens (including phenoxy) is 2. The van der Waals surface area contributed by atoms with Gasteiger partial charge in [-0.25, -0.2) is 0 Å². The molecule has 2 aromatic carbocycles. The smallest absolute Gasteiger partial charge is 0.134 e. The fourth-order valence-electron chi connectivity index (χ4n) is 6.91. The minimum absolute atomic E-state index is 0.00122. The molecular formula is C40H60N2O3. The SMILES string of the molecule is CC(C)C(CCC(C)(C)NC1CC(Oc2ccc3oc(C(C)(C)C)cc3c2)C1)Cc1cccc(OC2CC(NC(C)(C)C)C2)c1. The van der Waals surface area contributed by atoms with Gasteiger partial charge >= 0.3 is 0 Å². The van der Waals surface area contributed by atoms with Gasteiger partial charge in [-0.1, -0.05) is 46.8 Å². The third-order valence-corrected chi connectivity index (χ3v) is 9.73. The van der Waals surface area contributed by atoms with Crippen molar-refractivity contribution in [3.8, 4) is 11.5 Å². The highest BCUT2D eigenvalue weighted by Crippen LogP contribution is 2.35. The van der Waals surface area contributed by atoms with E-state index in [1.807, 2.05) is 12.1 Å². The van der Waals surface area contributed by atoms with Gasteiger partial charge in [0.05, 0.1) is 0 Å². The molecule has 2 aliphatic rings. The number of furan rings is 1. The third-order valence-electron chi connectivity index (χ3n) is 9.73. The average molecular weight is 617 g/mol. The zero-order chi connectivity index (χ0) is 32.6. The molecule has 5 rings (SSSR count). The summed E-state index contributed by atoms with van der Waals surface area (Å²) >= 11 is 0. The molecule has 0 saturated heterocycles. The Kier molecular flexibility index (Phi) is 10.0. The first kappa shape index (κ1) is 33.9. The highest BCUT2D eigenvalue weighted by Gasteiger charge is 2.35. The van der Waals surface area contributed by atoms with Crippen LogP contribution in [0, 0.1) is 11.8 Å². The van der Waals surface area contributed by atoms with Crippen LogP contribution in [-0.4, -0.2) is 35.4 Å². The van der Waals surface area contributed by atoms with Gasteiger partial charge in [-0.15, -0.1) is 0 Å². The topological polar surface area (TPSA) is 55.7 Å². The van der Waals surface area contributed by atoms with Crippen LogP contribution in [0.2, 0.25) is 0 Å². The van der Waals surface area contributed by atoms with Gasteiger partial charge in [0.25, 0.3) is 0 Å². The van der Waals surface area contributed by atoms with E-state index in [1.165, 1.54) is 12.0 Å². The number of hydrogen-bond acceptors (Lipinski definition) is 5. The van der Waals surface area contributed by atoms with Crippen LogP contribution >= 0.6 is 0 Å². The minimum atomic E-state index is -0.00122. The lowest BCUT2D eigenvalue weighted by Crippen LogP contribution is -2.54. The van der Waals surface area contributed by atoms with Gasteiger partial charge < -0.3 is 24.5 Å². The Labute approximate surface area is 273 Å². The van der Waals surface area contributed by atoms with E-state index in [9.17, 15) is 0 Å². The average Bonchev–Trinajstić information content (AvgIpc) is 3.32. The van der Waals surface area contributed by atoms with Crippen LogP contribution in [-0.2, 0) is 11.8 Å². The molecule has 0 radical (unpaired) electrons. The summed E-state index contributed by atoms with van der Waals surface area (Å²) in [7, 11) is 0. The lowest BCUT2D eigenvalue weighted by molar-refractivity contribution is 0.0688. The van der Waals surface area contributed by atoms with Crippen molar-refractivity contribution in [3.05, 3.63) is 59.9 Å². The second-order valence-electron chi connectivity index (χ2n) is 17.2. The summed E-state index contributed by atoms with van der Waals surface area (Å²) in [6.45, 7) is 22.7. The molecule has 1 heterocycles. The molecule has 3 aromatic rings. The maximum atomic E-state index is 6.37. The molecule has 0 bridgehead atoms. The Morgan fingerprint density at radius 3 is 2.00 bits per heavy atom. The quantitative estimate of drug-likeness (QED) is 0.200. The van der Waals surface area contributed by atoms with Crippen LogP contribution < -0.4 is 20.1 Å². The van der Waals surface area contributed by atoms with Gasteiger partial charge in [0.1, 0.15) is 35.1 Å². The third kappa shape index (κ3) is 9.51. The van der Waals surface area contributed by atoms with Crippen LogP contribution in [0.1, 0.15) is 119 Å². The molecule has 2 saturated carbocycles. The molecular weight excluding hydrogens is 556 g/mol. The monoisotopic (exact) mass is 616 g/mol. The fraction of sp³-hybridized carbons (Fsp3) is 0.650. The first-order chi connectivity index (χ1) is 21.0. The summed E-state index contributed by atoms with van der Waals surface area (Å²) in [6.07, 6.45) is 8.33. The van der Waals surface area contributed by atoms with Crippen molar-refractivity contribution in [1.82, 2.24) is 10.6 Å². The summed E-state index contributed by atoms with van der Waals surface area (Å²) < 4.78 is 18.8. The van der Waals surface area contributed by atoms with Gasteiger partial charge in [-0.3, -0.25) is 0 Å². The van der Waals surface area contributed by atoms with E-state index in [0.29, 0.717) is 30.0 Å². The van der Waals surface area contributed by atoms with Gasteiger partial charge in [0.15, 0.2) is 0 Å². The number of hydrogen-bond donors (Lipinski definition) is 2. The zero-order valence-corrected chi connectivity index (χ0v) is 29.8. The summed E-state index contributed by atoms with van der Waals surface area (Å²) in [5.41, 5.74) is 2.57. The molecule has 0 amide bonds. The maximum Gasteiger partial charge on any atom is 0.134 e. The van der Waals surface area contributed by atoms with Crippen molar-refractivity contribution in [2.24, 2.45) is 11.8 Å². The Morgan fingerprint density at radius 2 is 1.40 bits per heavy atom. The number of benzene rings is 2. The zero-order valence-electron chi connectivity index (χ0n) is 29.8. The number of rotatable bonds is 13. The van der Waals surface area contributed by atoms with E-state index in [2.05, 4.69) is 116 Å². The fourth-order valence-corrected chi connectivity index (χ4v) is 6.91. The van der Waals surface area contributed by atoms with Crippen LogP contribution in [0.3, 0.4) is 0 Å². The lowest BCUT2D eigenvalue weighted by Gasteiger charge is -2.42. The number of fused-ring (bicyclic) bond motifs is 1. The van der Waals surface area contributed by atoms with E-state index in [0.717, 1.165) is 66.8 Å². The molecule has 2 N–H and O–H groups in total. The Hall–Kier alpha value is -2.50. The van der Waals surface area contributed by atoms with Crippen molar-refractivity contribution in [2.75, 3.05) is 0 Å². The van der Waals surface area contributed by atoms with Crippen molar-refractivity contribution in [1.29, 1.82) is 0 Å². The second kappa shape index (κ2) is 13.3. The molecule has 2 fully saturated rings. The van der Waals surface area contributed by atoms with Crippen molar-refractivity contribution < 1.29 is 13.9 Å². The van der Waals surface area contributed by atoms with E-state index >= 15 is 0 Å². The second-order valence-corrected chi connectivity index (χ2v) is 17.2. The summed E-state index contributed by atoms with van der Waals surface area (Å²) in [5.74, 6) is 4.25. The standard InChI is InChI=1S/C40H60N2O3/c1-26(2)28(18-27-12-11-13-32(19-27)43-34-22-30(23-34)41-39(6,7)8)16-17-40(9,10)42-31-24-35(25-31)44-33-14-15-36-29(20-33)21-37(45-36)38(3,4)5/h11-15,19-21,26,28,30-31,34-35,41-42H,16-18,22-25H2,1-10H3. The van der Waals surface area contributed by atoms with Crippen LogP contribution in [0.15, 0.2) is 52.9 Å². The molecule has 1 unspecified atom stereocenters. The molecule has 45 heavy (non-hydrogen) atoms. The Bertz CT molecular complexity index is 1400. The lowest BCUT2D eigenvalue weighted by atomic mass is 9.81. The Balaban J connectivity index is 1.06. The summed E-state index contributed by atoms with van der Waals surface area (Å²) in [5, 5.41) is 8.77. The Morgan fingerprint density at radius 1 is 0.778 bits per heavy atom. The molecule has 0 spiro atoms. The first-order valence-corrected chi connectivity index (χ1v) is 17.5. The summed E-state index contributed by atoms with van der Waals surface area (Å²) in [6, 6.07) is 18.3. The van der Waals surface area contributed by atoms with E-state index in [4.69, 9.17) is 13.9 Å². The van der Waals surface area contributed by atoms with E-state index in [-0.39, 0.29) is 22.6 Å². The first-order valence-electron chi connectivity index (χ1n) is 17.5. The number of nitrogens with one attached hydrogen (secondary N) is 2. The van der Waals surface area contributed by atoms with Crippen LogP contribution in [0.4, 0.5) is 0 Å². The maximum absolute atomic E-state index is 6.37. The molecule has 5 nitrogen and oxygen atoms in total. The van der Waals surface area contributed by atoms with Gasteiger partial charge in [-0.05, 0) is 133 Å². The van der Waals surface area contributed by atoms with Crippen LogP contribution in [0.5, 0.6) is 11.5 Å².